The van der Waals surface area contributed by atoms with Crippen LogP contribution in [-0.4, -0.2) is 75.2 Å². The van der Waals surface area contributed by atoms with E-state index in [0.29, 0.717) is 11.2 Å². The maximum Gasteiger partial charge on any atom is 0.185 e. The molecule has 23 heavy (non-hydrogen) atoms. The predicted molar refractivity (Wildman–Crippen MR) is 78.3 cm³/mol. The molecule has 4 atom stereocenters. The molecule has 0 bridgehead atoms. The first-order valence-electron chi connectivity index (χ1n) is 7.05. The number of nitrogens with zero attached hydrogens (tertiary/aromatic N) is 4. The molecule has 0 radical (unpaired) electrons. The number of rotatable bonds is 5. The second kappa shape index (κ2) is 6.34. The molecule has 10 nitrogen and oxygen atoms in total. The van der Waals surface area contributed by atoms with Crippen LogP contribution in [0.5, 0.6) is 0 Å². The minimum atomic E-state index is -0.995. The number of nitrogen functional groups attached to an aromatic ring is 1. The Morgan fingerprint density at radius 1 is 1.35 bits per heavy atom. The van der Waals surface area contributed by atoms with Crippen LogP contribution in [0.15, 0.2) is 12.7 Å². The molecule has 0 unspecified atom stereocenters. The van der Waals surface area contributed by atoms with Crippen molar-refractivity contribution in [2.24, 2.45) is 0 Å². The highest BCUT2D eigenvalue weighted by atomic mass is 16.7. The van der Waals surface area contributed by atoms with Gasteiger partial charge in [0.25, 0.3) is 0 Å². The molecular weight excluding hydrogens is 306 g/mol. The molecule has 0 saturated carbocycles. The molecule has 10 heteroatoms. The number of aliphatic hydroxyl groups is 2. The van der Waals surface area contributed by atoms with Gasteiger partial charge in [0.2, 0.25) is 0 Å². The van der Waals surface area contributed by atoms with Crippen LogP contribution >= 0.6 is 0 Å². The predicted octanol–water partition coefficient (Wildman–Crippen LogP) is -1.31. The number of methoxy groups -OCH3 is 2. The monoisotopic (exact) mass is 325 g/mol. The Morgan fingerprint density at radius 2 is 2.09 bits per heavy atom. The van der Waals surface area contributed by atoms with Crippen molar-refractivity contribution in [1.82, 2.24) is 19.5 Å². The molecule has 126 valence electrons. The Morgan fingerprint density at radius 3 is 2.74 bits per heavy atom. The molecule has 0 amide bonds. The summed E-state index contributed by atoms with van der Waals surface area (Å²) in [5.74, 6) is 0.242. The number of ether oxygens (including phenoxy) is 3. The van der Waals surface area contributed by atoms with Crippen LogP contribution in [0.1, 0.15) is 6.04 Å². The van der Waals surface area contributed by atoms with Crippen molar-refractivity contribution in [3.8, 4) is 0 Å². The molecule has 2 aromatic heterocycles. The van der Waals surface area contributed by atoms with E-state index in [0.717, 1.165) is 0 Å². The van der Waals surface area contributed by atoms with Crippen molar-refractivity contribution in [3.05, 3.63) is 12.7 Å². The first-order chi connectivity index (χ1) is 11.1. The van der Waals surface area contributed by atoms with E-state index < -0.39 is 30.6 Å². The molecule has 1 fully saturated rings. The SMILES string of the molecule is COC(OC)[C@@H]1O[C@@H](CO)[C@H](n2cnc3c(N)ncnc32)[C@H]1O. The number of imidazole rings is 1. The second-order valence-electron chi connectivity index (χ2n) is 5.23. The molecule has 2 aromatic rings. The van der Waals surface area contributed by atoms with E-state index in [1.807, 2.05) is 0 Å². The van der Waals surface area contributed by atoms with E-state index in [-0.39, 0.29) is 12.4 Å². The van der Waals surface area contributed by atoms with Gasteiger partial charge in [-0.3, -0.25) is 0 Å². The molecule has 0 aromatic carbocycles. The summed E-state index contributed by atoms with van der Waals surface area (Å²) in [6.45, 7) is -0.293. The normalized spacial score (nSPS) is 28.0. The highest BCUT2D eigenvalue weighted by molar-refractivity contribution is 5.81. The number of aliphatic hydroxyl groups excluding tert-OH is 2. The lowest BCUT2D eigenvalue weighted by atomic mass is 10.0. The molecule has 3 heterocycles. The largest absolute Gasteiger partial charge is 0.394 e. The van der Waals surface area contributed by atoms with Crippen molar-refractivity contribution in [1.29, 1.82) is 0 Å². The lowest BCUT2D eigenvalue weighted by Gasteiger charge is -2.24. The van der Waals surface area contributed by atoms with Gasteiger partial charge in [0.05, 0.1) is 19.0 Å². The molecule has 1 saturated heterocycles. The summed E-state index contributed by atoms with van der Waals surface area (Å²) in [6, 6.07) is -0.614. The van der Waals surface area contributed by atoms with Crippen LogP contribution in [-0.2, 0) is 14.2 Å². The molecule has 1 aliphatic rings. The van der Waals surface area contributed by atoms with Gasteiger partial charge in [0, 0.05) is 14.2 Å². The first-order valence-corrected chi connectivity index (χ1v) is 7.05. The van der Waals surface area contributed by atoms with Crippen molar-refractivity contribution in [2.45, 2.75) is 30.6 Å². The van der Waals surface area contributed by atoms with Crippen LogP contribution in [0.25, 0.3) is 11.2 Å². The molecule has 0 aliphatic carbocycles. The minimum absolute atomic E-state index is 0.242. The van der Waals surface area contributed by atoms with Gasteiger partial charge in [0.15, 0.2) is 17.8 Å². The smallest absolute Gasteiger partial charge is 0.185 e. The van der Waals surface area contributed by atoms with Crippen molar-refractivity contribution < 1.29 is 24.4 Å². The number of hydrogen-bond acceptors (Lipinski definition) is 9. The van der Waals surface area contributed by atoms with E-state index in [4.69, 9.17) is 19.9 Å². The van der Waals surface area contributed by atoms with Crippen LogP contribution < -0.4 is 5.73 Å². The zero-order valence-corrected chi connectivity index (χ0v) is 12.7. The van der Waals surface area contributed by atoms with Crippen LogP contribution in [0.3, 0.4) is 0 Å². The van der Waals surface area contributed by atoms with E-state index in [1.54, 1.807) is 4.57 Å². The van der Waals surface area contributed by atoms with Gasteiger partial charge in [-0.25, -0.2) is 15.0 Å². The average Bonchev–Trinajstić information content (AvgIpc) is 3.11. The van der Waals surface area contributed by atoms with E-state index in [9.17, 15) is 10.2 Å². The van der Waals surface area contributed by atoms with Crippen LogP contribution in [0.4, 0.5) is 5.82 Å². The summed E-state index contributed by atoms with van der Waals surface area (Å²) in [7, 11) is 2.90. The summed E-state index contributed by atoms with van der Waals surface area (Å²) in [5, 5.41) is 20.3. The van der Waals surface area contributed by atoms with Crippen molar-refractivity contribution >= 4 is 17.0 Å². The van der Waals surface area contributed by atoms with Gasteiger partial charge >= 0.3 is 0 Å². The zero-order valence-electron chi connectivity index (χ0n) is 12.7. The third-order valence-electron chi connectivity index (χ3n) is 4.02. The number of fused-ring (bicyclic) bond motifs is 1. The first kappa shape index (κ1) is 16.0. The Labute approximate surface area is 131 Å². The van der Waals surface area contributed by atoms with Crippen LogP contribution in [0.2, 0.25) is 0 Å². The quantitative estimate of drug-likeness (QED) is 0.572. The minimum Gasteiger partial charge on any atom is -0.394 e. The van der Waals surface area contributed by atoms with Gasteiger partial charge in [-0.2, -0.15) is 0 Å². The van der Waals surface area contributed by atoms with Crippen LogP contribution in [0, 0.1) is 0 Å². The highest BCUT2D eigenvalue weighted by Gasteiger charge is 2.48. The molecule has 1 aliphatic heterocycles. The fraction of sp³-hybridized carbons (Fsp3) is 0.615. The van der Waals surface area contributed by atoms with Gasteiger partial charge in [-0.1, -0.05) is 0 Å². The summed E-state index contributed by atoms with van der Waals surface area (Å²) in [6.07, 6.45) is -0.382. The summed E-state index contributed by atoms with van der Waals surface area (Å²) in [5.41, 5.74) is 6.66. The third-order valence-corrected chi connectivity index (χ3v) is 4.02. The van der Waals surface area contributed by atoms with E-state index in [2.05, 4.69) is 15.0 Å². The van der Waals surface area contributed by atoms with Crippen molar-refractivity contribution in [3.63, 3.8) is 0 Å². The maximum absolute atomic E-state index is 10.7. The van der Waals surface area contributed by atoms with Gasteiger partial charge < -0.3 is 34.7 Å². The van der Waals surface area contributed by atoms with Crippen molar-refractivity contribution in [2.75, 3.05) is 26.6 Å². The summed E-state index contributed by atoms with van der Waals surface area (Å²) >= 11 is 0. The maximum atomic E-state index is 10.7. The van der Waals surface area contributed by atoms with E-state index in [1.165, 1.54) is 26.9 Å². The lowest BCUT2D eigenvalue weighted by molar-refractivity contribution is -0.193. The highest BCUT2D eigenvalue weighted by Crippen LogP contribution is 2.35. The summed E-state index contributed by atoms with van der Waals surface area (Å²) in [4.78, 5) is 12.2. The number of aromatic nitrogens is 4. The Kier molecular flexibility index (Phi) is 4.41. The zero-order chi connectivity index (χ0) is 16.6. The average molecular weight is 325 g/mol. The van der Waals surface area contributed by atoms with Gasteiger partial charge in [0.1, 0.15) is 30.2 Å². The Bertz CT molecular complexity index is 676. The molecule has 0 spiro atoms. The molecule has 3 rings (SSSR count). The fourth-order valence-electron chi connectivity index (χ4n) is 2.95. The Balaban J connectivity index is 2.01. The molecular formula is C13H19N5O5. The lowest BCUT2D eigenvalue weighted by Crippen LogP contribution is -2.39. The number of anilines is 1. The third kappa shape index (κ3) is 2.54. The standard InChI is InChI=1S/C13H19N5O5/c1-21-13(22-2)10-9(20)8(6(3-19)23-10)18-5-17-7-11(14)15-4-16-12(7)18/h4-6,8-10,13,19-20H,3H2,1-2H3,(H2,14,15,16)/t6-,8-,9+,10+/m0/s1. The van der Waals surface area contributed by atoms with Gasteiger partial charge in [-0.15, -0.1) is 0 Å². The summed E-state index contributed by atoms with van der Waals surface area (Å²) < 4.78 is 17.7. The fourth-order valence-corrected chi connectivity index (χ4v) is 2.95. The molecule has 4 N–H and O–H groups in total. The second-order valence-corrected chi connectivity index (χ2v) is 5.23. The topological polar surface area (TPSA) is 138 Å². The van der Waals surface area contributed by atoms with E-state index >= 15 is 0 Å². The van der Waals surface area contributed by atoms with Gasteiger partial charge in [-0.05, 0) is 0 Å². The Hall–Kier alpha value is -1.85. The number of hydrogen-bond donors (Lipinski definition) is 3. The number of nitrogens with two attached hydrogens (primary N) is 1.